The van der Waals surface area contributed by atoms with Crippen LogP contribution in [0.4, 0.5) is 11.6 Å². The van der Waals surface area contributed by atoms with Gasteiger partial charge >= 0.3 is 0 Å². The first-order valence-electron chi connectivity index (χ1n) is 6.37. The molecule has 0 aliphatic carbocycles. The molecule has 0 amide bonds. The third-order valence-corrected chi connectivity index (χ3v) is 2.58. The first kappa shape index (κ1) is 14.2. The minimum atomic E-state index is 0.357. The van der Waals surface area contributed by atoms with Gasteiger partial charge in [-0.1, -0.05) is 0 Å². The van der Waals surface area contributed by atoms with E-state index in [0.717, 1.165) is 5.56 Å². The first-order valence-corrected chi connectivity index (χ1v) is 6.37. The van der Waals surface area contributed by atoms with Gasteiger partial charge in [0.25, 0.3) is 0 Å². The van der Waals surface area contributed by atoms with Crippen LogP contribution >= 0.6 is 0 Å². The molecule has 2 aromatic rings. The highest BCUT2D eigenvalue weighted by molar-refractivity contribution is 5.47. The Hall–Kier alpha value is -2.25. The van der Waals surface area contributed by atoms with Crippen LogP contribution in [0.2, 0.25) is 0 Å². The zero-order valence-electron chi connectivity index (χ0n) is 11.3. The summed E-state index contributed by atoms with van der Waals surface area (Å²) in [7, 11) is 0. The van der Waals surface area contributed by atoms with Gasteiger partial charge in [-0.3, -0.25) is 4.98 Å². The molecule has 0 bridgehead atoms. The molecular formula is C13H18N6O. The Morgan fingerprint density at radius 1 is 1.20 bits per heavy atom. The summed E-state index contributed by atoms with van der Waals surface area (Å²) in [4.78, 5) is 12.6. The van der Waals surface area contributed by atoms with Crippen LogP contribution in [0.3, 0.4) is 0 Å². The average Bonchev–Trinajstić information content (AvgIpc) is 2.51. The van der Waals surface area contributed by atoms with Crippen LogP contribution in [-0.2, 0) is 17.9 Å². The number of hydrogen-bond donors (Lipinski definition) is 3. The first-order chi connectivity index (χ1) is 9.81. The van der Waals surface area contributed by atoms with Crippen molar-refractivity contribution in [3.05, 3.63) is 42.0 Å². The molecule has 106 valence electrons. The molecule has 7 heteroatoms. The number of anilines is 2. The summed E-state index contributed by atoms with van der Waals surface area (Å²) < 4.78 is 5.31. The number of pyridine rings is 1. The fraction of sp³-hybridized carbons (Fsp3) is 0.308. The lowest BCUT2D eigenvalue weighted by Crippen LogP contribution is -2.13. The Morgan fingerprint density at radius 3 is 2.65 bits per heavy atom. The number of aromatic nitrogens is 3. The maximum Gasteiger partial charge on any atom is 0.158 e. The third-order valence-electron chi connectivity index (χ3n) is 2.58. The molecular weight excluding hydrogens is 256 g/mol. The second kappa shape index (κ2) is 7.37. The highest BCUT2D eigenvalue weighted by Crippen LogP contribution is 2.12. The smallest absolute Gasteiger partial charge is 0.158 e. The average molecular weight is 274 g/mol. The largest absolute Gasteiger partial charge is 0.374 e. The summed E-state index contributed by atoms with van der Waals surface area (Å²) in [6.45, 7) is 3.55. The van der Waals surface area contributed by atoms with E-state index in [4.69, 9.17) is 10.6 Å². The van der Waals surface area contributed by atoms with Gasteiger partial charge in [-0.2, -0.15) is 0 Å². The maximum atomic E-state index is 5.41. The molecule has 0 spiro atoms. The molecule has 0 aliphatic rings. The summed E-state index contributed by atoms with van der Waals surface area (Å²) in [5.41, 5.74) is 3.64. The van der Waals surface area contributed by atoms with Gasteiger partial charge in [0.1, 0.15) is 18.2 Å². The van der Waals surface area contributed by atoms with Crippen molar-refractivity contribution in [2.45, 2.75) is 20.1 Å². The summed E-state index contributed by atoms with van der Waals surface area (Å²) in [6.07, 6.45) is 3.51. The van der Waals surface area contributed by atoms with Crippen LogP contribution in [0.5, 0.6) is 0 Å². The number of nitrogens with two attached hydrogens (primary N) is 1. The van der Waals surface area contributed by atoms with Crippen LogP contribution in [0.25, 0.3) is 0 Å². The van der Waals surface area contributed by atoms with Crippen LogP contribution in [0, 0.1) is 0 Å². The lowest BCUT2D eigenvalue weighted by atomic mass is 10.3. The summed E-state index contributed by atoms with van der Waals surface area (Å²) in [5, 5.41) is 3.22. The van der Waals surface area contributed by atoms with Gasteiger partial charge in [-0.05, 0) is 24.6 Å². The van der Waals surface area contributed by atoms with Crippen molar-refractivity contribution in [2.75, 3.05) is 17.3 Å². The quantitative estimate of drug-likeness (QED) is 0.517. The Labute approximate surface area is 117 Å². The fourth-order valence-electron chi connectivity index (χ4n) is 1.61. The van der Waals surface area contributed by atoms with E-state index >= 15 is 0 Å². The lowest BCUT2D eigenvalue weighted by Gasteiger charge is -2.09. The minimum Gasteiger partial charge on any atom is -0.374 e. The van der Waals surface area contributed by atoms with E-state index in [1.54, 1.807) is 18.5 Å². The van der Waals surface area contributed by atoms with Crippen molar-refractivity contribution in [3.63, 3.8) is 0 Å². The number of hydrazine groups is 1. The standard InChI is InChI=1S/C13H18N6O/c1-2-20-9-13-17-11(7-12(18-13)19-14)16-8-10-3-5-15-6-4-10/h3-7H,2,8-9,14H2,1H3,(H2,16,17,18,19). The topological polar surface area (TPSA) is 98.0 Å². The zero-order valence-corrected chi connectivity index (χ0v) is 11.3. The number of hydrogen-bond acceptors (Lipinski definition) is 7. The van der Waals surface area contributed by atoms with E-state index < -0.39 is 0 Å². The molecule has 4 N–H and O–H groups in total. The van der Waals surface area contributed by atoms with Crippen LogP contribution in [0.1, 0.15) is 18.3 Å². The molecule has 7 nitrogen and oxygen atoms in total. The predicted octanol–water partition coefficient (Wildman–Crippen LogP) is 1.31. The molecule has 2 aromatic heterocycles. The van der Waals surface area contributed by atoms with Crippen LogP contribution in [-0.4, -0.2) is 21.6 Å². The van der Waals surface area contributed by atoms with Gasteiger partial charge in [0.05, 0.1) is 0 Å². The lowest BCUT2D eigenvalue weighted by molar-refractivity contribution is 0.128. The molecule has 0 unspecified atom stereocenters. The maximum absolute atomic E-state index is 5.41. The molecule has 0 fully saturated rings. The van der Waals surface area contributed by atoms with Gasteiger partial charge in [-0.25, -0.2) is 15.8 Å². The van der Waals surface area contributed by atoms with E-state index in [1.165, 1.54) is 0 Å². The Morgan fingerprint density at radius 2 is 1.95 bits per heavy atom. The number of nitrogens with zero attached hydrogens (tertiary/aromatic N) is 3. The summed E-state index contributed by atoms with van der Waals surface area (Å²) >= 11 is 0. The SMILES string of the molecule is CCOCc1nc(NN)cc(NCc2ccncc2)n1. The highest BCUT2D eigenvalue weighted by Gasteiger charge is 2.04. The van der Waals surface area contributed by atoms with E-state index in [0.29, 0.717) is 37.2 Å². The van der Waals surface area contributed by atoms with Gasteiger partial charge in [0.15, 0.2) is 5.82 Å². The van der Waals surface area contributed by atoms with Crippen molar-refractivity contribution >= 4 is 11.6 Å². The van der Waals surface area contributed by atoms with Gasteiger partial charge in [0, 0.05) is 31.6 Å². The predicted molar refractivity (Wildman–Crippen MR) is 76.7 cm³/mol. The summed E-state index contributed by atoms with van der Waals surface area (Å²) in [5.74, 6) is 7.23. The number of rotatable bonds is 7. The second-order valence-corrected chi connectivity index (χ2v) is 4.05. The van der Waals surface area contributed by atoms with E-state index in [-0.39, 0.29) is 0 Å². The molecule has 0 atom stereocenters. The number of nitrogen functional groups attached to an aromatic ring is 1. The molecule has 0 radical (unpaired) electrons. The van der Waals surface area contributed by atoms with Gasteiger partial charge in [-0.15, -0.1) is 0 Å². The fourth-order valence-corrected chi connectivity index (χ4v) is 1.61. The monoisotopic (exact) mass is 274 g/mol. The van der Waals surface area contributed by atoms with Crippen molar-refractivity contribution in [3.8, 4) is 0 Å². The molecule has 2 rings (SSSR count). The highest BCUT2D eigenvalue weighted by atomic mass is 16.5. The van der Waals surface area contributed by atoms with E-state index in [2.05, 4.69) is 25.7 Å². The Kier molecular flexibility index (Phi) is 5.22. The van der Waals surface area contributed by atoms with Crippen molar-refractivity contribution in [2.24, 2.45) is 5.84 Å². The van der Waals surface area contributed by atoms with Gasteiger partial charge < -0.3 is 15.5 Å². The van der Waals surface area contributed by atoms with Crippen molar-refractivity contribution < 1.29 is 4.74 Å². The molecule has 0 aromatic carbocycles. The molecule has 2 heterocycles. The van der Waals surface area contributed by atoms with Crippen LogP contribution in [0.15, 0.2) is 30.6 Å². The Bertz CT molecular complexity index is 534. The van der Waals surface area contributed by atoms with E-state index in [1.807, 2.05) is 19.1 Å². The Balaban J connectivity index is 2.06. The van der Waals surface area contributed by atoms with Crippen molar-refractivity contribution in [1.29, 1.82) is 0 Å². The normalized spacial score (nSPS) is 10.3. The van der Waals surface area contributed by atoms with E-state index in [9.17, 15) is 0 Å². The molecule has 0 aliphatic heterocycles. The van der Waals surface area contributed by atoms with Crippen molar-refractivity contribution in [1.82, 2.24) is 15.0 Å². The zero-order chi connectivity index (χ0) is 14.2. The second-order valence-electron chi connectivity index (χ2n) is 4.05. The van der Waals surface area contributed by atoms with Gasteiger partial charge in [0.2, 0.25) is 0 Å². The molecule has 0 saturated heterocycles. The third kappa shape index (κ3) is 4.15. The van der Waals surface area contributed by atoms with Crippen LogP contribution < -0.4 is 16.6 Å². The minimum absolute atomic E-state index is 0.357. The molecule has 20 heavy (non-hydrogen) atoms. The summed E-state index contributed by atoms with van der Waals surface area (Å²) in [6, 6.07) is 5.63. The number of ether oxygens (including phenoxy) is 1. The molecule has 0 saturated carbocycles. The number of nitrogens with one attached hydrogen (secondary N) is 2.